The largest absolute Gasteiger partial charge is 0.397 e. The number of aromatic amines is 1. The first-order valence-corrected chi connectivity index (χ1v) is 6.16. The van der Waals surface area contributed by atoms with E-state index in [4.69, 9.17) is 5.73 Å². The number of rotatable bonds is 1. The molecular weight excluding hydrogens is 210 g/mol. The van der Waals surface area contributed by atoms with Crippen LogP contribution in [0.2, 0.25) is 0 Å². The van der Waals surface area contributed by atoms with E-state index in [1.165, 1.54) is 0 Å². The molecule has 15 heavy (non-hydrogen) atoms. The van der Waals surface area contributed by atoms with Crippen molar-refractivity contribution < 1.29 is 4.79 Å². The van der Waals surface area contributed by atoms with Gasteiger partial charge in [0.05, 0.1) is 0 Å². The van der Waals surface area contributed by atoms with Gasteiger partial charge in [-0.25, -0.2) is 0 Å². The molecule has 0 saturated carbocycles. The van der Waals surface area contributed by atoms with Crippen LogP contribution in [0, 0.1) is 0 Å². The van der Waals surface area contributed by atoms with E-state index in [-0.39, 0.29) is 5.91 Å². The number of carbonyl (C=O) groups excluding carboxylic acids is 1. The average molecular weight is 225 g/mol. The molecule has 1 aromatic heterocycles. The standard InChI is InChI=1S/C10H15N3OS/c1-7-6-15-3-2-13(7)10(14)9-4-8(11)5-12-9/h4-5,7,12H,2-3,6,11H2,1H3. The summed E-state index contributed by atoms with van der Waals surface area (Å²) in [6.45, 7) is 2.90. The number of carbonyl (C=O) groups is 1. The fraction of sp³-hybridized carbons (Fsp3) is 0.500. The van der Waals surface area contributed by atoms with Crippen molar-refractivity contribution in [2.75, 3.05) is 23.8 Å². The quantitative estimate of drug-likeness (QED) is 0.754. The summed E-state index contributed by atoms with van der Waals surface area (Å²) in [4.78, 5) is 16.9. The van der Waals surface area contributed by atoms with Crippen LogP contribution < -0.4 is 5.73 Å². The van der Waals surface area contributed by atoms with E-state index in [0.717, 1.165) is 18.1 Å². The second kappa shape index (κ2) is 4.18. The van der Waals surface area contributed by atoms with E-state index >= 15 is 0 Å². The summed E-state index contributed by atoms with van der Waals surface area (Å²) < 4.78 is 0. The van der Waals surface area contributed by atoms with E-state index in [1.54, 1.807) is 12.3 Å². The molecule has 1 amide bonds. The van der Waals surface area contributed by atoms with Gasteiger partial charge in [-0.05, 0) is 13.0 Å². The highest BCUT2D eigenvalue weighted by Gasteiger charge is 2.25. The monoisotopic (exact) mass is 225 g/mol. The van der Waals surface area contributed by atoms with Crippen LogP contribution in [-0.4, -0.2) is 39.9 Å². The molecule has 5 heteroatoms. The van der Waals surface area contributed by atoms with Gasteiger partial charge in [0.15, 0.2) is 0 Å². The molecule has 0 spiro atoms. The van der Waals surface area contributed by atoms with Crippen LogP contribution in [0.1, 0.15) is 17.4 Å². The van der Waals surface area contributed by atoms with Crippen LogP contribution in [0.25, 0.3) is 0 Å². The van der Waals surface area contributed by atoms with Crippen molar-refractivity contribution in [2.24, 2.45) is 0 Å². The van der Waals surface area contributed by atoms with Crippen LogP contribution in [0.5, 0.6) is 0 Å². The fourth-order valence-corrected chi connectivity index (χ4v) is 2.73. The van der Waals surface area contributed by atoms with E-state index in [2.05, 4.69) is 11.9 Å². The van der Waals surface area contributed by atoms with Gasteiger partial charge in [0.25, 0.3) is 5.91 Å². The van der Waals surface area contributed by atoms with Crippen LogP contribution in [0.4, 0.5) is 5.69 Å². The summed E-state index contributed by atoms with van der Waals surface area (Å²) in [5.41, 5.74) is 6.77. The molecule has 1 fully saturated rings. The first-order chi connectivity index (χ1) is 7.18. The Morgan fingerprint density at radius 2 is 2.53 bits per heavy atom. The number of nitrogens with one attached hydrogen (secondary N) is 1. The summed E-state index contributed by atoms with van der Waals surface area (Å²) in [5.74, 6) is 2.09. The van der Waals surface area contributed by atoms with Crippen molar-refractivity contribution >= 4 is 23.4 Å². The molecule has 1 aliphatic heterocycles. The van der Waals surface area contributed by atoms with E-state index in [0.29, 0.717) is 17.4 Å². The Labute approximate surface area is 93.2 Å². The minimum atomic E-state index is 0.0551. The lowest BCUT2D eigenvalue weighted by atomic mass is 10.2. The Morgan fingerprint density at radius 3 is 3.13 bits per heavy atom. The number of amides is 1. The van der Waals surface area contributed by atoms with Gasteiger partial charge in [-0.2, -0.15) is 11.8 Å². The van der Waals surface area contributed by atoms with Gasteiger partial charge < -0.3 is 15.6 Å². The van der Waals surface area contributed by atoms with Crippen LogP contribution >= 0.6 is 11.8 Å². The zero-order valence-electron chi connectivity index (χ0n) is 8.69. The normalized spacial score (nSPS) is 21.7. The van der Waals surface area contributed by atoms with Crippen LogP contribution in [0.15, 0.2) is 12.3 Å². The van der Waals surface area contributed by atoms with E-state index in [9.17, 15) is 4.79 Å². The molecule has 1 aliphatic rings. The summed E-state index contributed by atoms with van der Waals surface area (Å²) in [5, 5.41) is 0. The van der Waals surface area contributed by atoms with E-state index in [1.807, 2.05) is 16.7 Å². The number of nitrogen functional groups attached to an aromatic ring is 1. The number of H-pyrrole nitrogens is 1. The zero-order chi connectivity index (χ0) is 10.8. The third kappa shape index (κ3) is 2.12. The predicted molar refractivity (Wildman–Crippen MR) is 63.0 cm³/mol. The van der Waals surface area contributed by atoms with Crippen molar-refractivity contribution in [3.05, 3.63) is 18.0 Å². The molecule has 1 aromatic rings. The van der Waals surface area contributed by atoms with Gasteiger partial charge in [0.2, 0.25) is 0 Å². The lowest BCUT2D eigenvalue weighted by Gasteiger charge is -2.32. The maximum Gasteiger partial charge on any atom is 0.270 e. The molecule has 0 aromatic carbocycles. The molecule has 0 bridgehead atoms. The van der Waals surface area contributed by atoms with Gasteiger partial charge in [-0.15, -0.1) is 0 Å². The number of hydrogen-bond donors (Lipinski definition) is 2. The Bertz CT molecular complexity index is 363. The molecule has 0 aliphatic carbocycles. The number of anilines is 1. The van der Waals surface area contributed by atoms with Gasteiger partial charge in [0, 0.05) is 36.0 Å². The maximum absolute atomic E-state index is 12.1. The maximum atomic E-state index is 12.1. The molecule has 2 rings (SSSR count). The van der Waals surface area contributed by atoms with Crippen molar-refractivity contribution in [1.29, 1.82) is 0 Å². The third-order valence-corrected chi connectivity index (χ3v) is 3.75. The summed E-state index contributed by atoms with van der Waals surface area (Å²) in [6.07, 6.45) is 1.65. The molecule has 0 radical (unpaired) electrons. The van der Waals surface area contributed by atoms with Crippen LogP contribution in [0.3, 0.4) is 0 Å². The molecule has 1 atom stereocenters. The van der Waals surface area contributed by atoms with E-state index < -0.39 is 0 Å². The van der Waals surface area contributed by atoms with Gasteiger partial charge in [-0.1, -0.05) is 0 Å². The molecule has 1 saturated heterocycles. The van der Waals surface area contributed by atoms with Crippen molar-refractivity contribution in [2.45, 2.75) is 13.0 Å². The Hall–Kier alpha value is -1.10. The Morgan fingerprint density at radius 1 is 1.73 bits per heavy atom. The smallest absolute Gasteiger partial charge is 0.270 e. The zero-order valence-corrected chi connectivity index (χ0v) is 9.51. The number of aromatic nitrogens is 1. The van der Waals surface area contributed by atoms with Gasteiger partial charge >= 0.3 is 0 Å². The van der Waals surface area contributed by atoms with Gasteiger partial charge in [-0.3, -0.25) is 4.79 Å². The molecule has 82 valence electrons. The topological polar surface area (TPSA) is 62.1 Å². The third-order valence-electron chi connectivity index (χ3n) is 2.56. The molecule has 2 heterocycles. The first-order valence-electron chi connectivity index (χ1n) is 5.01. The van der Waals surface area contributed by atoms with Crippen molar-refractivity contribution in [1.82, 2.24) is 9.88 Å². The highest BCUT2D eigenvalue weighted by atomic mass is 32.2. The lowest BCUT2D eigenvalue weighted by molar-refractivity contribution is 0.0710. The summed E-state index contributed by atoms with van der Waals surface area (Å²) in [7, 11) is 0. The number of nitrogens with two attached hydrogens (primary N) is 1. The highest BCUT2D eigenvalue weighted by Crippen LogP contribution is 2.18. The molecule has 3 N–H and O–H groups in total. The minimum absolute atomic E-state index is 0.0551. The highest BCUT2D eigenvalue weighted by molar-refractivity contribution is 7.99. The van der Waals surface area contributed by atoms with Gasteiger partial charge in [0.1, 0.15) is 5.69 Å². The average Bonchev–Trinajstić information content (AvgIpc) is 2.65. The summed E-state index contributed by atoms with van der Waals surface area (Å²) in [6, 6.07) is 2.00. The Balaban J connectivity index is 2.13. The predicted octanol–water partition coefficient (Wildman–Crippen LogP) is 1.17. The minimum Gasteiger partial charge on any atom is -0.397 e. The Kier molecular flexibility index (Phi) is 2.90. The fourth-order valence-electron chi connectivity index (χ4n) is 1.72. The second-order valence-electron chi connectivity index (χ2n) is 3.77. The SMILES string of the molecule is CC1CSCCN1C(=O)c1cc(N)c[nH]1. The second-order valence-corrected chi connectivity index (χ2v) is 4.92. The lowest BCUT2D eigenvalue weighted by Crippen LogP contribution is -2.44. The molecule has 1 unspecified atom stereocenters. The van der Waals surface area contributed by atoms with Crippen LogP contribution in [-0.2, 0) is 0 Å². The number of thioether (sulfide) groups is 1. The molecule has 4 nitrogen and oxygen atoms in total. The number of hydrogen-bond acceptors (Lipinski definition) is 3. The number of nitrogens with zero attached hydrogens (tertiary/aromatic N) is 1. The van der Waals surface area contributed by atoms with Crippen molar-refractivity contribution in [3.8, 4) is 0 Å². The summed E-state index contributed by atoms with van der Waals surface area (Å²) >= 11 is 1.90. The van der Waals surface area contributed by atoms with Crippen molar-refractivity contribution in [3.63, 3.8) is 0 Å². The first kappa shape index (κ1) is 10.4. The molecular formula is C10H15N3OS.